The maximum absolute atomic E-state index is 14.7. The minimum absolute atomic E-state index is 0.157. The van der Waals surface area contributed by atoms with Gasteiger partial charge >= 0.3 is 0 Å². The molecule has 1 saturated heterocycles. The Bertz CT molecular complexity index is 461. The summed E-state index contributed by atoms with van der Waals surface area (Å²) in [6.07, 6.45) is 3.95. The Morgan fingerprint density at radius 1 is 1.43 bits per heavy atom. The van der Waals surface area contributed by atoms with Crippen LogP contribution in [0.15, 0.2) is 12.3 Å². The molecule has 0 radical (unpaired) electrons. The van der Waals surface area contributed by atoms with Crippen molar-refractivity contribution < 1.29 is 4.39 Å². The van der Waals surface area contributed by atoms with E-state index in [1.165, 1.54) is 0 Å². The molecule has 1 aromatic heterocycles. The highest BCUT2D eigenvalue weighted by Crippen LogP contribution is 2.29. The first kappa shape index (κ1) is 16.2. The Kier molecular flexibility index (Phi) is 5.57. The second-order valence-electron chi connectivity index (χ2n) is 6.80. The van der Waals surface area contributed by atoms with Gasteiger partial charge in [-0.05, 0) is 44.2 Å². The second kappa shape index (κ2) is 7.21. The van der Waals surface area contributed by atoms with Gasteiger partial charge in [-0.1, -0.05) is 20.8 Å². The van der Waals surface area contributed by atoms with Gasteiger partial charge in [0.1, 0.15) is 0 Å². The summed E-state index contributed by atoms with van der Waals surface area (Å²) in [6, 6.07) is 2.14. The molecule has 2 rings (SSSR count). The monoisotopic (exact) mass is 293 g/mol. The molecular weight excluding hydrogens is 265 g/mol. The molecule has 2 unspecified atom stereocenters. The van der Waals surface area contributed by atoms with E-state index in [9.17, 15) is 4.39 Å². The summed E-state index contributed by atoms with van der Waals surface area (Å²) >= 11 is 0. The molecule has 2 heterocycles. The molecule has 1 aliphatic rings. The van der Waals surface area contributed by atoms with E-state index in [1.807, 2.05) is 0 Å². The predicted octanol–water partition coefficient (Wildman–Crippen LogP) is 3.59. The Morgan fingerprint density at radius 3 is 2.86 bits per heavy atom. The molecule has 0 saturated carbocycles. The summed E-state index contributed by atoms with van der Waals surface area (Å²) in [6.45, 7) is 11.1. The van der Waals surface area contributed by atoms with E-state index in [1.54, 1.807) is 12.3 Å². The van der Waals surface area contributed by atoms with Crippen LogP contribution in [-0.2, 0) is 6.54 Å². The van der Waals surface area contributed by atoms with Crippen LogP contribution in [0.1, 0.15) is 46.1 Å². The molecule has 1 N–H and O–H groups in total. The minimum atomic E-state index is -0.157. The lowest BCUT2D eigenvalue weighted by molar-refractivity contribution is 0.372. The van der Waals surface area contributed by atoms with Gasteiger partial charge in [-0.15, -0.1) is 0 Å². The number of nitrogens with zero attached hydrogens (tertiary/aromatic N) is 2. The van der Waals surface area contributed by atoms with Crippen LogP contribution in [0.4, 0.5) is 10.2 Å². The van der Waals surface area contributed by atoms with Crippen molar-refractivity contribution in [2.75, 3.05) is 18.0 Å². The molecule has 2 atom stereocenters. The normalized spacial score (nSPS) is 22.9. The predicted molar refractivity (Wildman–Crippen MR) is 85.9 cm³/mol. The number of hydrogen-bond donors (Lipinski definition) is 1. The highest BCUT2D eigenvalue weighted by Gasteiger charge is 2.26. The first-order valence-electron chi connectivity index (χ1n) is 8.09. The number of nitrogens with one attached hydrogen (secondary N) is 1. The zero-order chi connectivity index (χ0) is 15.4. The molecule has 0 aliphatic carbocycles. The summed E-state index contributed by atoms with van der Waals surface area (Å²) in [7, 11) is 0. The lowest BCUT2D eigenvalue weighted by atomic mass is 9.93. The maximum Gasteiger partial charge on any atom is 0.170 e. The molecule has 21 heavy (non-hydrogen) atoms. The molecule has 0 bridgehead atoms. The molecule has 3 nitrogen and oxygen atoms in total. The molecule has 118 valence electrons. The third kappa shape index (κ3) is 4.16. The van der Waals surface area contributed by atoms with Gasteiger partial charge in [0.15, 0.2) is 11.6 Å². The van der Waals surface area contributed by atoms with Crippen LogP contribution < -0.4 is 10.2 Å². The second-order valence-corrected chi connectivity index (χ2v) is 6.80. The van der Waals surface area contributed by atoms with Crippen LogP contribution in [0.2, 0.25) is 0 Å². The van der Waals surface area contributed by atoms with Gasteiger partial charge < -0.3 is 10.2 Å². The number of halogens is 1. The highest BCUT2D eigenvalue weighted by molar-refractivity contribution is 5.44. The zero-order valence-electron chi connectivity index (χ0n) is 13.7. The van der Waals surface area contributed by atoms with Crippen molar-refractivity contribution in [3.63, 3.8) is 0 Å². The summed E-state index contributed by atoms with van der Waals surface area (Å²) in [4.78, 5) is 6.43. The Morgan fingerprint density at radius 2 is 2.19 bits per heavy atom. The smallest absolute Gasteiger partial charge is 0.170 e. The Hall–Kier alpha value is -1.16. The molecule has 1 fully saturated rings. The fourth-order valence-corrected chi connectivity index (χ4v) is 3.03. The number of pyridine rings is 1. The quantitative estimate of drug-likeness (QED) is 0.899. The lowest BCUT2D eigenvalue weighted by Crippen LogP contribution is -2.41. The van der Waals surface area contributed by atoms with Crippen LogP contribution >= 0.6 is 0 Å². The summed E-state index contributed by atoms with van der Waals surface area (Å²) in [5.41, 5.74) is 0.714. The van der Waals surface area contributed by atoms with Crippen molar-refractivity contribution in [3.05, 3.63) is 23.6 Å². The SMILES string of the molecule is CC(C)CNCc1ccnc(N2CCC(C)CC2C)c1F. The van der Waals surface area contributed by atoms with Gasteiger partial charge in [-0.25, -0.2) is 9.37 Å². The molecule has 1 aromatic rings. The Labute approximate surface area is 127 Å². The first-order chi connectivity index (χ1) is 9.99. The summed E-state index contributed by atoms with van der Waals surface area (Å²) in [5, 5.41) is 3.30. The van der Waals surface area contributed by atoms with Crippen LogP contribution in [0.5, 0.6) is 0 Å². The van der Waals surface area contributed by atoms with E-state index in [0.717, 1.165) is 31.8 Å². The van der Waals surface area contributed by atoms with Crippen LogP contribution in [0, 0.1) is 17.7 Å². The average Bonchev–Trinajstić information content (AvgIpc) is 2.41. The maximum atomic E-state index is 14.7. The topological polar surface area (TPSA) is 28.2 Å². The molecule has 0 spiro atoms. The van der Waals surface area contributed by atoms with Gasteiger partial charge in [0, 0.05) is 30.9 Å². The average molecular weight is 293 g/mol. The van der Waals surface area contributed by atoms with Gasteiger partial charge in [0.05, 0.1) is 0 Å². The van der Waals surface area contributed by atoms with Crippen molar-refractivity contribution in [3.8, 4) is 0 Å². The van der Waals surface area contributed by atoms with E-state index < -0.39 is 0 Å². The van der Waals surface area contributed by atoms with Gasteiger partial charge in [0.2, 0.25) is 0 Å². The Balaban J connectivity index is 2.10. The van der Waals surface area contributed by atoms with E-state index in [2.05, 4.69) is 42.9 Å². The zero-order valence-corrected chi connectivity index (χ0v) is 13.7. The third-order valence-corrected chi connectivity index (χ3v) is 4.23. The largest absolute Gasteiger partial charge is 0.351 e. The molecular formula is C17H28FN3. The van der Waals surface area contributed by atoms with Crippen LogP contribution in [-0.4, -0.2) is 24.1 Å². The summed E-state index contributed by atoms with van der Waals surface area (Å²) in [5.74, 6) is 1.65. The fourth-order valence-electron chi connectivity index (χ4n) is 3.03. The number of hydrogen-bond acceptors (Lipinski definition) is 3. The van der Waals surface area contributed by atoms with Crippen molar-refractivity contribution in [1.82, 2.24) is 10.3 Å². The summed E-state index contributed by atoms with van der Waals surface area (Å²) < 4.78 is 14.7. The minimum Gasteiger partial charge on any atom is -0.351 e. The van der Waals surface area contributed by atoms with Gasteiger partial charge in [-0.3, -0.25) is 0 Å². The van der Waals surface area contributed by atoms with Crippen LogP contribution in [0.3, 0.4) is 0 Å². The molecule has 0 aromatic carbocycles. The fraction of sp³-hybridized carbons (Fsp3) is 0.706. The first-order valence-corrected chi connectivity index (χ1v) is 8.09. The van der Waals surface area contributed by atoms with Crippen LogP contribution in [0.25, 0.3) is 0 Å². The van der Waals surface area contributed by atoms with E-state index in [4.69, 9.17) is 0 Å². The lowest BCUT2D eigenvalue weighted by Gasteiger charge is -2.37. The van der Waals surface area contributed by atoms with Crippen molar-refractivity contribution in [2.45, 2.75) is 53.1 Å². The number of anilines is 1. The van der Waals surface area contributed by atoms with Crippen molar-refractivity contribution in [2.24, 2.45) is 11.8 Å². The number of aromatic nitrogens is 1. The van der Waals surface area contributed by atoms with Crippen molar-refractivity contribution in [1.29, 1.82) is 0 Å². The van der Waals surface area contributed by atoms with E-state index >= 15 is 0 Å². The standard InChI is InChI=1S/C17H28FN3/c1-12(2)10-19-11-15-5-7-20-17(16(15)18)21-8-6-13(3)9-14(21)4/h5,7,12-14,19H,6,8-11H2,1-4H3. The molecule has 4 heteroatoms. The number of rotatable bonds is 5. The molecule has 0 amide bonds. The number of piperidine rings is 1. The van der Waals surface area contributed by atoms with Crippen molar-refractivity contribution >= 4 is 5.82 Å². The van der Waals surface area contributed by atoms with E-state index in [-0.39, 0.29) is 5.82 Å². The van der Waals surface area contributed by atoms with Gasteiger partial charge in [0.25, 0.3) is 0 Å². The van der Waals surface area contributed by atoms with Gasteiger partial charge in [-0.2, -0.15) is 0 Å². The third-order valence-electron chi connectivity index (χ3n) is 4.23. The highest BCUT2D eigenvalue weighted by atomic mass is 19.1. The molecule has 1 aliphatic heterocycles. The van der Waals surface area contributed by atoms with E-state index in [0.29, 0.717) is 29.9 Å².